The van der Waals surface area contributed by atoms with E-state index < -0.39 is 23.5 Å². The van der Waals surface area contributed by atoms with Crippen molar-refractivity contribution in [1.82, 2.24) is 19.7 Å². The summed E-state index contributed by atoms with van der Waals surface area (Å²) in [4.78, 5) is 27.4. The van der Waals surface area contributed by atoms with Crippen LogP contribution in [0, 0.1) is 17.6 Å². The monoisotopic (exact) mass is 467 g/mol. The highest BCUT2D eigenvalue weighted by molar-refractivity contribution is 6.53. The first-order valence-corrected chi connectivity index (χ1v) is 10.8. The molecule has 0 radical (unpaired) electrons. The summed E-state index contributed by atoms with van der Waals surface area (Å²) >= 11 is 0. The van der Waals surface area contributed by atoms with E-state index in [4.69, 9.17) is 19.9 Å². The van der Waals surface area contributed by atoms with Crippen LogP contribution in [0.15, 0.2) is 51.0 Å². The van der Waals surface area contributed by atoms with Crippen LogP contribution in [0.2, 0.25) is 0 Å². The Morgan fingerprint density at radius 3 is 2.85 bits per heavy atom. The highest BCUT2D eigenvalue weighted by Gasteiger charge is 2.47. The quantitative estimate of drug-likeness (QED) is 0.570. The lowest BCUT2D eigenvalue weighted by Crippen LogP contribution is -2.51. The molecule has 0 bridgehead atoms. The summed E-state index contributed by atoms with van der Waals surface area (Å²) in [7, 11) is 0. The van der Waals surface area contributed by atoms with Crippen LogP contribution in [-0.2, 0) is 5.79 Å². The van der Waals surface area contributed by atoms with Crippen LogP contribution >= 0.6 is 0 Å². The highest BCUT2D eigenvalue weighted by Crippen LogP contribution is 2.40. The predicted molar refractivity (Wildman–Crippen MR) is 115 cm³/mol. The predicted octanol–water partition coefficient (Wildman–Crippen LogP) is 2.90. The van der Waals surface area contributed by atoms with Crippen molar-refractivity contribution >= 4 is 17.6 Å². The molecule has 2 aromatic heterocycles. The summed E-state index contributed by atoms with van der Waals surface area (Å²) in [5.74, 6) is -1.17. The van der Waals surface area contributed by atoms with Crippen LogP contribution in [0.4, 0.5) is 13.6 Å². The van der Waals surface area contributed by atoms with E-state index in [1.165, 1.54) is 21.9 Å². The Kier molecular flexibility index (Phi) is 4.59. The number of hydrogen-bond acceptors (Lipinski definition) is 7. The van der Waals surface area contributed by atoms with Gasteiger partial charge < -0.3 is 9.15 Å². The van der Waals surface area contributed by atoms with Crippen molar-refractivity contribution in [2.45, 2.75) is 25.0 Å². The van der Waals surface area contributed by atoms with Gasteiger partial charge in [-0.05, 0) is 43.0 Å². The Balaban J connectivity index is 1.30. The van der Waals surface area contributed by atoms with E-state index in [0.29, 0.717) is 29.7 Å². The Hall–Kier alpha value is -3.93. The van der Waals surface area contributed by atoms with Crippen LogP contribution in [0.5, 0.6) is 5.75 Å². The first-order valence-electron chi connectivity index (χ1n) is 10.8. The van der Waals surface area contributed by atoms with Crippen LogP contribution in [-0.4, -0.2) is 50.4 Å². The molecule has 3 aromatic rings. The van der Waals surface area contributed by atoms with Crippen molar-refractivity contribution in [3.05, 3.63) is 54.1 Å². The number of urea groups is 1. The number of amidine groups is 1. The Bertz CT molecular complexity index is 1350. The van der Waals surface area contributed by atoms with Gasteiger partial charge in [0.2, 0.25) is 11.6 Å². The summed E-state index contributed by atoms with van der Waals surface area (Å²) in [5.41, 5.74) is 6.98. The van der Waals surface area contributed by atoms with Crippen LogP contribution in [0.1, 0.15) is 25.1 Å². The van der Waals surface area contributed by atoms with E-state index in [-0.39, 0.29) is 30.4 Å². The molecule has 1 aliphatic carbocycles. The number of hydrogen-bond donors (Lipinski definition) is 1. The lowest BCUT2D eigenvalue weighted by Gasteiger charge is -2.32. The van der Waals surface area contributed by atoms with Crippen LogP contribution < -0.4 is 10.5 Å². The molecule has 6 rings (SSSR count). The van der Waals surface area contributed by atoms with E-state index in [2.05, 4.69) is 15.1 Å². The molecule has 174 valence electrons. The number of nitrogens with zero attached hydrogens (tertiary/aromatic N) is 6. The molecule has 10 nitrogen and oxygen atoms in total. The number of amides is 2. The maximum Gasteiger partial charge on any atom is 0.350 e. The maximum atomic E-state index is 13.9. The summed E-state index contributed by atoms with van der Waals surface area (Å²) in [5, 5.41) is 4.53. The number of benzene rings is 1. The number of aromatic nitrogens is 3. The minimum atomic E-state index is -1.25. The van der Waals surface area contributed by atoms with Crippen molar-refractivity contribution in [3.8, 4) is 17.3 Å². The molecule has 2 N–H and O–H groups in total. The highest BCUT2D eigenvalue weighted by atomic mass is 19.1. The SMILES string of the molecule is NC1(CC2CC2)N=C2C(=NC(=O)N2CCOc2ccc(F)cc2F)c2nc(-c3ccco3)nn21. The minimum Gasteiger partial charge on any atom is -0.489 e. The number of carbonyl (C=O) groups excluding carboxylic acids is 1. The van der Waals surface area contributed by atoms with Crippen molar-refractivity contribution in [1.29, 1.82) is 0 Å². The van der Waals surface area contributed by atoms with E-state index in [9.17, 15) is 13.6 Å². The average Bonchev–Trinajstić information content (AvgIpc) is 3.18. The largest absolute Gasteiger partial charge is 0.489 e. The maximum absolute atomic E-state index is 13.9. The van der Waals surface area contributed by atoms with Gasteiger partial charge in [-0.3, -0.25) is 10.6 Å². The van der Waals surface area contributed by atoms with Crippen molar-refractivity contribution in [2.75, 3.05) is 13.2 Å². The third kappa shape index (κ3) is 3.46. The Morgan fingerprint density at radius 1 is 1.26 bits per heavy atom. The number of furan rings is 1. The molecule has 3 aliphatic rings. The van der Waals surface area contributed by atoms with Gasteiger partial charge in [0.25, 0.3) is 0 Å². The van der Waals surface area contributed by atoms with Gasteiger partial charge in [-0.1, -0.05) is 0 Å². The molecule has 34 heavy (non-hydrogen) atoms. The fourth-order valence-electron chi connectivity index (χ4n) is 4.08. The van der Waals surface area contributed by atoms with Crippen molar-refractivity contribution < 1.29 is 22.7 Å². The van der Waals surface area contributed by atoms with Gasteiger partial charge in [0.1, 0.15) is 12.4 Å². The molecule has 1 aromatic carbocycles. The molecule has 0 saturated heterocycles. The van der Waals surface area contributed by atoms with Gasteiger partial charge in [0.05, 0.1) is 12.8 Å². The summed E-state index contributed by atoms with van der Waals surface area (Å²) in [6, 6.07) is 5.89. The van der Waals surface area contributed by atoms with Gasteiger partial charge in [-0.25, -0.2) is 28.2 Å². The molecule has 0 spiro atoms. The molecule has 1 fully saturated rings. The molecular weight excluding hydrogens is 448 g/mol. The zero-order valence-electron chi connectivity index (χ0n) is 17.8. The number of halogens is 2. The first-order chi connectivity index (χ1) is 16.4. The van der Waals surface area contributed by atoms with Crippen molar-refractivity contribution in [3.63, 3.8) is 0 Å². The van der Waals surface area contributed by atoms with E-state index in [1.54, 1.807) is 12.1 Å². The van der Waals surface area contributed by atoms with Crippen LogP contribution in [0.3, 0.4) is 0 Å². The lowest BCUT2D eigenvalue weighted by molar-refractivity contribution is 0.215. The molecule has 1 saturated carbocycles. The number of ether oxygens (including phenoxy) is 1. The molecule has 1 unspecified atom stereocenters. The second-order valence-corrected chi connectivity index (χ2v) is 8.43. The first kappa shape index (κ1) is 20.7. The van der Waals surface area contributed by atoms with Gasteiger partial charge in [-0.2, -0.15) is 4.99 Å². The number of aliphatic imine (C=N–C) groups is 2. The fraction of sp³-hybridized carbons (Fsp3) is 0.318. The standard InChI is InChI=1S/C22H19F2N7O3/c23-13-5-6-15(14(24)10-13)34-9-7-30-20-17(26-21(30)32)19-27-18(16-2-1-8-33-16)29-31(19)22(25,28-20)11-12-3-4-12/h1-2,5-6,8,10,12H,3-4,7,9,11,25H2. The minimum absolute atomic E-state index is 0.0279. The normalized spacial score (nSPS) is 21.3. The summed E-state index contributed by atoms with van der Waals surface area (Å²) in [6.07, 6.45) is 4.12. The number of fused-ring (bicyclic) bond motifs is 3. The molecule has 2 aliphatic heterocycles. The molecule has 2 amide bonds. The number of rotatable bonds is 7. The zero-order valence-corrected chi connectivity index (χ0v) is 17.8. The van der Waals surface area contributed by atoms with Gasteiger partial charge in [-0.15, -0.1) is 5.10 Å². The number of carbonyl (C=O) groups is 1. The second kappa shape index (κ2) is 7.55. The molecule has 1 atom stereocenters. The third-order valence-electron chi connectivity index (χ3n) is 5.89. The number of nitrogens with two attached hydrogens (primary N) is 1. The smallest absolute Gasteiger partial charge is 0.350 e. The molecule has 12 heteroatoms. The second-order valence-electron chi connectivity index (χ2n) is 8.43. The topological polar surface area (TPSA) is 124 Å². The summed E-state index contributed by atoms with van der Waals surface area (Å²) in [6.45, 7) is -0.0409. The Morgan fingerprint density at radius 2 is 2.12 bits per heavy atom. The van der Waals surface area contributed by atoms with Crippen molar-refractivity contribution in [2.24, 2.45) is 21.6 Å². The molecular formula is C22H19F2N7O3. The Labute approximate surface area is 191 Å². The van der Waals surface area contributed by atoms with E-state index >= 15 is 0 Å². The van der Waals surface area contributed by atoms with E-state index in [0.717, 1.165) is 25.0 Å². The van der Waals surface area contributed by atoms with E-state index in [1.807, 2.05) is 0 Å². The van der Waals surface area contributed by atoms with Gasteiger partial charge in [0, 0.05) is 12.5 Å². The fourth-order valence-corrected chi connectivity index (χ4v) is 4.08. The van der Waals surface area contributed by atoms with Crippen LogP contribution in [0.25, 0.3) is 11.6 Å². The zero-order chi connectivity index (χ0) is 23.4. The van der Waals surface area contributed by atoms with Gasteiger partial charge in [0.15, 0.2) is 34.7 Å². The summed E-state index contributed by atoms with van der Waals surface area (Å²) < 4.78 is 39.3. The average molecular weight is 467 g/mol. The lowest BCUT2D eigenvalue weighted by atomic mass is 10.1. The third-order valence-corrected chi connectivity index (χ3v) is 5.89. The molecule has 4 heterocycles. The van der Waals surface area contributed by atoms with Gasteiger partial charge >= 0.3 is 6.03 Å².